The van der Waals surface area contributed by atoms with Crippen molar-refractivity contribution in [1.82, 2.24) is 4.90 Å². The lowest BCUT2D eigenvalue weighted by Gasteiger charge is -2.33. The lowest BCUT2D eigenvalue weighted by Crippen LogP contribution is -2.43. The van der Waals surface area contributed by atoms with Crippen LogP contribution in [0.3, 0.4) is 0 Å². The number of carbonyl (C=O) groups is 2. The average molecular weight is 438 g/mol. The number of hydrogen-bond acceptors (Lipinski definition) is 3. The van der Waals surface area contributed by atoms with Gasteiger partial charge in [-0.2, -0.15) is 4.99 Å². The molecule has 0 spiro atoms. The molecule has 0 aromatic heterocycles. The lowest BCUT2D eigenvalue weighted by atomic mass is 9.91. The van der Waals surface area contributed by atoms with Crippen molar-refractivity contribution >= 4 is 17.6 Å². The first-order valence-corrected chi connectivity index (χ1v) is 11.3. The number of likely N-dealkylation sites (tertiary alicyclic amines) is 1. The van der Waals surface area contributed by atoms with Gasteiger partial charge in [-0.25, -0.2) is 8.87 Å². The summed E-state index contributed by atoms with van der Waals surface area (Å²) in [5.74, 6) is 0.437. The van der Waals surface area contributed by atoms with E-state index in [-0.39, 0.29) is 11.5 Å². The Balaban J connectivity index is 1.25. The summed E-state index contributed by atoms with van der Waals surface area (Å²) >= 11 is 0. The molecule has 1 atom stereocenters. The normalized spacial score (nSPS) is 22.5. The standard InChI is InChI=1S/C25H29FN4O2/c1-18-5-4-7-21(23(18)26)25(32)29-13-10-19(11-14-29)6-2-3-15-30-16-12-28-22(30)9-8-20(17-30)24(27)31/h4-5,7-9,12,16-17,19H,2-3,6,10-11,13-15H2,1H3,(H-,27,31)/p+1. The van der Waals surface area contributed by atoms with E-state index in [0.717, 1.165) is 44.5 Å². The summed E-state index contributed by atoms with van der Waals surface area (Å²) in [4.78, 5) is 30.5. The molecule has 6 nitrogen and oxygen atoms in total. The Labute approximate surface area is 188 Å². The van der Waals surface area contributed by atoms with E-state index in [9.17, 15) is 14.0 Å². The minimum atomic E-state index is -0.426. The van der Waals surface area contributed by atoms with Gasteiger partial charge in [0.1, 0.15) is 18.2 Å². The number of aliphatic imine (C=N–C) groups is 1. The summed E-state index contributed by atoms with van der Waals surface area (Å²) in [6, 6.07) is 4.98. The fourth-order valence-electron chi connectivity index (χ4n) is 4.77. The van der Waals surface area contributed by atoms with E-state index in [1.165, 1.54) is 0 Å². The number of amidine groups is 1. The molecule has 1 aromatic rings. The van der Waals surface area contributed by atoms with Crippen LogP contribution in [0.25, 0.3) is 0 Å². The zero-order chi connectivity index (χ0) is 22.7. The Morgan fingerprint density at radius 2 is 2.00 bits per heavy atom. The molecule has 2 amide bonds. The number of nitrogens with zero attached hydrogens (tertiary/aromatic N) is 3. The Morgan fingerprint density at radius 1 is 1.22 bits per heavy atom. The summed E-state index contributed by atoms with van der Waals surface area (Å²) in [6.07, 6.45) is 14.3. The van der Waals surface area contributed by atoms with Gasteiger partial charge in [0.05, 0.1) is 23.9 Å². The molecule has 1 fully saturated rings. The van der Waals surface area contributed by atoms with Crippen molar-refractivity contribution in [2.45, 2.75) is 39.0 Å². The number of piperidine rings is 1. The highest BCUT2D eigenvalue weighted by atomic mass is 19.1. The van der Waals surface area contributed by atoms with Crippen molar-refractivity contribution in [3.8, 4) is 0 Å². The van der Waals surface area contributed by atoms with E-state index in [1.807, 2.05) is 18.5 Å². The Hall–Kier alpha value is -3.06. The van der Waals surface area contributed by atoms with Gasteiger partial charge < -0.3 is 10.6 Å². The maximum absolute atomic E-state index is 14.3. The summed E-state index contributed by atoms with van der Waals surface area (Å²) in [6.45, 7) is 3.86. The molecule has 1 unspecified atom stereocenters. The van der Waals surface area contributed by atoms with Gasteiger partial charge in [0, 0.05) is 19.2 Å². The second kappa shape index (κ2) is 9.20. The van der Waals surface area contributed by atoms with Crippen molar-refractivity contribution in [2.75, 3.05) is 19.6 Å². The number of unbranched alkanes of at least 4 members (excludes halogenated alkanes) is 1. The monoisotopic (exact) mass is 437 g/mol. The molecule has 4 rings (SSSR count). The molecular weight excluding hydrogens is 407 g/mol. The van der Waals surface area contributed by atoms with E-state index in [1.54, 1.807) is 42.3 Å². The molecule has 168 valence electrons. The molecule has 32 heavy (non-hydrogen) atoms. The molecule has 0 bridgehead atoms. The molecule has 2 N–H and O–H groups in total. The molecule has 0 radical (unpaired) electrons. The third-order valence-corrected chi connectivity index (χ3v) is 6.75. The number of rotatable bonds is 7. The van der Waals surface area contributed by atoms with Crippen LogP contribution in [0, 0.1) is 18.7 Å². The molecule has 3 aliphatic rings. The summed E-state index contributed by atoms with van der Waals surface area (Å²) in [7, 11) is 0. The topological polar surface area (TPSA) is 75.8 Å². The zero-order valence-electron chi connectivity index (χ0n) is 18.5. The second-order valence-corrected chi connectivity index (χ2v) is 8.89. The van der Waals surface area contributed by atoms with Crippen LogP contribution in [0.5, 0.6) is 0 Å². The highest BCUT2D eigenvalue weighted by molar-refractivity contribution is 6.00. The Kier molecular flexibility index (Phi) is 6.37. The first kappa shape index (κ1) is 22.1. The van der Waals surface area contributed by atoms with Crippen LogP contribution in [0.1, 0.15) is 48.0 Å². The maximum Gasteiger partial charge on any atom is 0.256 e. The van der Waals surface area contributed by atoms with Gasteiger partial charge in [0.25, 0.3) is 11.8 Å². The number of hydrogen-bond donors (Lipinski definition) is 1. The molecular formula is C25H30FN4O2+. The van der Waals surface area contributed by atoms with Crippen LogP contribution < -0.4 is 5.73 Å². The van der Waals surface area contributed by atoms with Crippen LogP contribution in [0.4, 0.5) is 4.39 Å². The van der Waals surface area contributed by atoms with Gasteiger partial charge in [-0.1, -0.05) is 18.6 Å². The number of primary amides is 1. The van der Waals surface area contributed by atoms with E-state index in [0.29, 0.717) is 34.6 Å². The fraction of sp³-hybridized carbons (Fsp3) is 0.400. The predicted molar refractivity (Wildman–Crippen MR) is 122 cm³/mol. The number of quaternary nitrogens is 1. The van der Waals surface area contributed by atoms with Crippen LogP contribution >= 0.6 is 0 Å². The van der Waals surface area contributed by atoms with Crippen molar-refractivity contribution in [1.29, 1.82) is 0 Å². The smallest absolute Gasteiger partial charge is 0.256 e. The first-order valence-electron chi connectivity index (χ1n) is 11.3. The Morgan fingerprint density at radius 3 is 2.75 bits per heavy atom. The molecule has 0 aliphatic carbocycles. The van der Waals surface area contributed by atoms with E-state index in [2.05, 4.69) is 4.99 Å². The summed E-state index contributed by atoms with van der Waals surface area (Å²) in [5.41, 5.74) is 6.65. The van der Waals surface area contributed by atoms with Crippen molar-refractivity contribution in [3.05, 3.63) is 71.5 Å². The van der Waals surface area contributed by atoms with Crippen LogP contribution in [0.2, 0.25) is 0 Å². The number of halogens is 1. The molecule has 3 aliphatic heterocycles. The van der Waals surface area contributed by atoms with E-state index in [4.69, 9.17) is 5.73 Å². The largest absolute Gasteiger partial charge is 0.365 e. The van der Waals surface area contributed by atoms with Gasteiger partial charge in [-0.3, -0.25) is 9.59 Å². The fourth-order valence-corrected chi connectivity index (χ4v) is 4.77. The van der Waals surface area contributed by atoms with Gasteiger partial charge in [0.15, 0.2) is 0 Å². The SMILES string of the molecule is Cc1cccc(C(=O)N2CCC(CCCC[N+]34C=CN=C3C=CC(C(N)=O)=C4)CC2)c1F. The zero-order valence-corrected chi connectivity index (χ0v) is 18.5. The minimum absolute atomic E-state index is 0.174. The van der Waals surface area contributed by atoms with E-state index >= 15 is 0 Å². The number of fused-ring (bicyclic) bond motifs is 1. The summed E-state index contributed by atoms with van der Waals surface area (Å²) < 4.78 is 14.8. The van der Waals surface area contributed by atoms with Gasteiger partial charge >= 0.3 is 0 Å². The molecule has 1 aromatic carbocycles. The van der Waals surface area contributed by atoms with Gasteiger partial charge in [-0.05, 0) is 56.2 Å². The van der Waals surface area contributed by atoms with Gasteiger partial charge in [0.2, 0.25) is 5.84 Å². The second-order valence-electron chi connectivity index (χ2n) is 8.89. The predicted octanol–water partition coefficient (Wildman–Crippen LogP) is 3.80. The van der Waals surface area contributed by atoms with E-state index < -0.39 is 11.7 Å². The van der Waals surface area contributed by atoms with Crippen molar-refractivity contribution in [3.63, 3.8) is 0 Å². The maximum atomic E-state index is 14.3. The first-order chi connectivity index (χ1) is 15.4. The van der Waals surface area contributed by atoms with Crippen LogP contribution in [-0.4, -0.2) is 46.7 Å². The average Bonchev–Trinajstić information content (AvgIpc) is 3.22. The highest BCUT2D eigenvalue weighted by Gasteiger charge is 2.35. The van der Waals surface area contributed by atoms with Crippen molar-refractivity contribution < 1.29 is 18.5 Å². The quantitative estimate of drug-likeness (QED) is 0.520. The van der Waals surface area contributed by atoms with Crippen LogP contribution in [0.15, 0.2) is 59.5 Å². The van der Waals surface area contributed by atoms with Crippen molar-refractivity contribution in [2.24, 2.45) is 16.6 Å². The Bertz CT molecular complexity index is 1030. The van der Waals surface area contributed by atoms with Gasteiger partial charge in [-0.15, -0.1) is 0 Å². The molecule has 0 saturated carbocycles. The number of benzene rings is 1. The number of carbonyl (C=O) groups excluding carboxylic acids is 2. The number of aryl methyl sites for hydroxylation is 1. The highest BCUT2D eigenvalue weighted by Crippen LogP contribution is 2.28. The van der Waals surface area contributed by atoms with Crippen LogP contribution in [-0.2, 0) is 4.79 Å². The summed E-state index contributed by atoms with van der Waals surface area (Å²) in [5, 5.41) is 0. The molecule has 1 saturated heterocycles. The lowest BCUT2D eigenvalue weighted by molar-refractivity contribution is -0.729. The molecule has 7 heteroatoms. The number of nitrogens with two attached hydrogens (primary N) is 1. The number of amides is 2. The molecule has 3 heterocycles. The minimum Gasteiger partial charge on any atom is -0.365 e. The third-order valence-electron chi connectivity index (χ3n) is 6.75. The third kappa shape index (κ3) is 4.43.